The second-order valence-corrected chi connectivity index (χ2v) is 7.86. The molecule has 3 unspecified atom stereocenters. The Morgan fingerprint density at radius 3 is 2.54 bits per heavy atom. The molecular formula is C20H24N4O4. The molecule has 4 rings (SSSR count). The number of benzene rings is 1. The molecule has 3 aliphatic heterocycles. The van der Waals surface area contributed by atoms with Crippen molar-refractivity contribution < 1.29 is 19.2 Å². The van der Waals surface area contributed by atoms with Gasteiger partial charge in [0.15, 0.2) is 0 Å². The van der Waals surface area contributed by atoms with Gasteiger partial charge in [0.25, 0.3) is 11.8 Å². The SMILES string of the molecule is CC1CCC(CN)CN1c1ccc2c(c1)C(=O)N(C1CCC(=O)NC1=O)C2=O. The fourth-order valence-electron chi connectivity index (χ4n) is 4.37. The molecule has 0 spiro atoms. The maximum absolute atomic E-state index is 13.0. The Bertz CT molecular complexity index is 868. The second-order valence-electron chi connectivity index (χ2n) is 7.86. The summed E-state index contributed by atoms with van der Waals surface area (Å²) in [6.07, 6.45) is 2.37. The molecule has 3 atom stereocenters. The summed E-state index contributed by atoms with van der Waals surface area (Å²) in [6.45, 7) is 3.58. The Morgan fingerprint density at radius 2 is 1.82 bits per heavy atom. The monoisotopic (exact) mass is 384 g/mol. The number of nitrogens with zero attached hydrogens (tertiary/aromatic N) is 2. The van der Waals surface area contributed by atoms with Gasteiger partial charge in [-0.3, -0.25) is 29.4 Å². The molecule has 0 bridgehead atoms. The zero-order chi connectivity index (χ0) is 20.0. The van der Waals surface area contributed by atoms with Crippen LogP contribution in [0.3, 0.4) is 0 Å². The fraction of sp³-hybridized carbons (Fsp3) is 0.500. The molecule has 3 heterocycles. The van der Waals surface area contributed by atoms with Crippen LogP contribution in [0.15, 0.2) is 18.2 Å². The van der Waals surface area contributed by atoms with E-state index >= 15 is 0 Å². The van der Waals surface area contributed by atoms with Gasteiger partial charge in [-0.15, -0.1) is 0 Å². The molecule has 0 aromatic heterocycles. The number of hydrogen-bond donors (Lipinski definition) is 2. The van der Waals surface area contributed by atoms with Crippen LogP contribution in [-0.2, 0) is 9.59 Å². The van der Waals surface area contributed by atoms with E-state index in [1.165, 1.54) is 0 Å². The predicted octanol–water partition coefficient (Wildman–Crippen LogP) is 0.651. The summed E-state index contributed by atoms with van der Waals surface area (Å²) in [6, 6.07) is 4.64. The summed E-state index contributed by atoms with van der Waals surface area (Å²) in [5.41, 5.74) is 7.35. The van der Waals surface area contributed by atoms with E-state index in [1.807, 2.05) is 6.07 Å². The fourth-order valence-corrected chi connectivity index (χ4v) is 4.37. The Morgan fingerprint density at radius 1 is 1.07 bits per heavy atom. The topological polar surface area (TPSA) is 113 Å². The molecule has 1 aromatic carbocycles. The summed E-state index contributed by atoms with van der Waals surface area (Å²) in [5.74, 6) is -1.53. The first-order valence-electron chi connectivity index (χ1n) is 9.73. The van der Waals surface area contributed by atoms with Crippen molar-refractivity contribution in [3.8, 4) is 0 Å². The van der Waals surface area contributed by atoms with Gasteiger partial charge in [0.2, 0.25) is 11.8 Å². The first kappa shape index (κ1) is 18.6. The lowest BCUT2D eigenvalue weighted by molar-refractivity contribution is -0.136. The van der Waals surface area contributed by atoms with Crippen molar-refractivity contribution in [3.05, 3.63) is 29.3 Å². The van der Waals surface area contributed by atoms with Crippen LogP contribution in [0.25, 0.3) is 0 Å². The second kappa shape index (κ2) is 7.01. The lowest BCUT2D eigenvalue weighted by atomic mass is 9.92. The normalized spacial score (nSPS) is 27.9. The van der Waals surface area contributed by atoms with E-state index < -0.39 is 23.8 Å². The van der Waals surface area contributed by atoms with Gasteiger partial charge in [-0.05, 0) is 56.8 Å². The highest BCUT2D eigenvalue weighted by Gasteiger charge is 2.44. The summed E-state index contributed by atoms with van der Waals surface area (Å²) in [7, 11) is 0. The zero-order valence-electron chi connectivity index (χ0n) is 15.8. The van der Waals surface area contributed by atoms with Crippen LogP contribution in [0.2, 0.25) is 0 Å². The number of carbonyl (C=O) groups is 4. The van der Waals surface area contributed by atoms with Gasteiger partial charge in [0.1, 0.15) is 6.04 Å². The quantitative estimate of drug-likeness (QED) is 0.740. The minimum Gasteiger partial charge on any atom is -0.368 e. The van der Waals surface area contributed by atoms with E-state index in [0.717, 1.165) is 30.0 Å². The van der Waals surface area contributed by atoms with Crippen molar-refractivity contribution in [1.82, 2.24) is 10.2 Å². The Balaban J connectivity index is 1.62. The summed E-state index contributed by atoms with van der Waals surface area (Å²) < 4.78 is 0. The number of hydrogen-bond acceptors (Lipinski definition) is 6. The van der Waals surface area contributed by atoms with E-state index in [2.05, 4.69) is 17.1 Å². The maximum atomic E-state index is 13.0. The average Bonchev–Trinajstić information content (AvgIpc) is 2.93. The molecule has 2 saturated heterocycles. The van der Waals surface area contributed by atoms with Crippen LogP contribution in [0.1, 0.15) is 53.3 Å². The minimum absolute atomic E-state index is 0.112. The number of imide groups is 2. The third kappa shape index (κ3) is 2.97. The van der Waals surface area contributed by atoms with Crippen LogP contribution < -0.4 is 16.0 Å². The van der Waals surface area contributed by atoms with Gasteiger partial charge < -0.3 is 10.6 Å². The molecule has 28 heavy (non-hydrogen) atoms. The number of rotatable bonds is 3. The highest BCUT2D eigenvalue weighted by atomic mass is 16.2. The van der Waals surface area contributed by atoms with E-state index in [9.17, 15) is 19.2 Å². The van der Waals surface area contributed by atoms with Crippen LogP contribution in [-0.4, -0.2) is 53.7 Å². The van der Waals surface area contributed by atoms with Gasteiger partial charge in [0, 0.05) is 24.7 Å². The first-order valence-corrected chi connectivity index (χ1v) is 9.73. The number of nitrogens with two attached hydrogens (primary N) is 1. The standard InChI is InChI=1S/C20H24N4O4/c1-11-2-3-12(9-21)10-23(11)13-4-5-14-15(8-13)20(28)24(19(14)27)16-6-7-17(25)22-18(16)26/h4-5,8,11-12,16H,2-3,6-7,9-10,21H2,1H3,(H,22,25,26). The smallest absolute Gasteiger partial charge is 0.262 e. The van der Waals surface area contributed by atoms with Crippen molar-refractivity contribution in [3.63, 3.8) is 0 Å². The highest BCUT2D eigenvalue weighted by molar-refractivity contribution is 6.23. The van der Waals surface area contributed by atoms with Gasteiger partial charge in [-0.2, -0.15) is 0 Å². The van der Waals surface area contributed by atoms with E-state index in [4.69, 9.17) is 5.73 Å². The summed E-state index contributed by atoms with van der Waals surface area (Å²) >= 11 is 0. The van der Waals surface area contributed by atoms with Gasteiger partial charge >= 0.3 is 0 Å². The average molecular weight is 384 g/mol. The number of piperidine rings is 2. The van der Waals surface area contributed by atoms with Crippen molar-refractivity contribution in [2.75, 3.05) is 18.0 Å². The number of fused-ring (bicyclic) bond motifs is 1. The van der Waals surface area contributed by atoms with Crippen molar-refractivity contribution in [2.45, 2.75) is 44.7 Å². The van der Waals surface area contributed by atoms with Crippen LogP contribution >= 0.6 is 0 Å². The molecule has 8 heteroatoms. The lowest BCUT2D eigenvalue weighted by Gasteiger charge is -2.39. The van der Waals surface area contributed by atoms with Crippen LogP contribution in [0, 0.1) is 5.92 Å². The maximum Gasteiger partial charge on any atom is 0.262 e. The largest absolute Gasteiger partial charge is 0.368 e. The van der Waals surface area contributed by atoms with Crippen LogP contribution in [0.5, 0.6) is 0 Å². The van der Waals surface area contributed by atoms with Gasteiger partial charge in [-0.1, -0.05) is 0 Å². The van der Waals surface area contributed by atoms with Crippen molar-refractivity contribution in [1.29, 1.82) is 0 Å². The molecule has 148 valence electrons. The van der Waals surface area contributed by atoms with Gasteiger partial charge in [-0.25, -0.2) is 0 Å². The Hall–Kier alpha value is -2.74. The van der Waals surface area contributed by atoms with E-state index in [-0.39, 0.29) is 18.7 Å². The Kier molecular flexibility index (Phi) is 4.66. The van der Waals surface area contributed by atoms with Crippen molar-refractivity contribution in [2.24, 2.45) is 11.7 Å². The molecule has 8 nitrogen and oxygen atoms in total. The lowest BCUT2D eigenvalue weighted by Crippen LogP contribution is -2.54. The third-order valence-electron chi connectivity index (χ3n) is 6.07. The molecular weight excluding hydrogens is 360 g/mol. The van der Waals surface area contributed by atoms with Crippen molar-refractivity contribution >= 4 is 29.3 Å². The van der Waals surface area contributed by atoms with Gasteiger partial charge in [0.05, 0.1) is 11.1 Å². The molecule has 1 aromatic rings. The molecule has 0 aliphatic carbocycles. The van der Waals surface area contributed by atoms with Crippen LogP contribution in [0.4, 0.5) is 5.69 Å². The Labute approximate surface area is 163 Å². The summed E-state index contributed by atoms with van der Waals surface area (Å²) in [4.78, 5) is 52.5. The van der Waals surface area contributed by atoms with E-state index in [1.54, 1.807) is 12.1 Å². The van der Waals surface area contributed by atoms with E-state index in [0.29, 0.717) is 29.6 Å². The highest BCUT2D eigenvalue weighted by Crippen LogP contribution is 2.33. The molecule has 3 N–H and O–H groups in total. The molecule has 3 aliphatic rings. The molecule has 0 radical (unpaired) electrons. The third-order valence-corrected chi connectivity index (χ3v) is 6.07. The summed E-state index contributed by atoms with van der Waals surface area (Å²) in [5, 5.41) is 2.21. The number of amides is 4. The molecule has 4 amide bonds. The number of anilines is 1. The minimum atomic E-state index is -0.941. The molecule has 2 fully saturated rings. The number of carbonyl (C=O) groups excluding carboxylic acids is 4. The number of nitrogens with one attached hydrogen (secondary N) is 1. The molecule has 0 saturated carbocycles. The predicted molar refractivity (Wildman–Crippen MR) is 102 cm³/mol. The zero-order valence-corrected chi connectivity index (χ0v) is 15.8. The first-order chi connectivity index (χ1) is 13.4.